The van der Waals surface area contributed by atoms with Gasteiger partial charge in [0.2, 0.25) is 0 Å². The van der Waals surface area contributed by atoms with Crippen LogP contribution in [-0.4, -0.2) is 31.7 Å². The van der Waals surface area contributed by atoms with Crippen LogP contribution in [0.1, 0.15) is 18.4 Å². The first kappa shape index (κ1) is 17.0. The summed E-state index contributed by atoms with van der Waals surface area (Å²) in [6, 6.07) is 10.7. The number of nitro benzene ring substituents is 1. The predicted molar refractivity (Wildman–Crippen MR) is 103 cm³/mol. The highest BCUT2D eigenvalue weighted by atomic mass is 35.5. The van der Waals surface area contributed by atoms with Gasteiger partial charge in [-0.05, 0) is 31.0 Å². The third-order valence-electron chi connectivity index (χ3n) is 5.61. The predicted octanol–water partition coefficient (Wildman–Crippen LogP) is 4.22. The molecule has 4 rings (SSSR count). The maximum absolute atomic E-state index is 11.3. The van der Waals surface area contributed by atoms with Crippen molar-refractivity contribution in [1.82, 2.24) is 0 Å². The Morgan fingerprint density at radius 1 is 1.23 bits per heavy atom. The molecule has 1 N–H and O–H groups in total. The second-order valence-electron chi connectivity index (χ2n) is 6.87. The molecule has 0 radical (unpaired) electrons. The molecule has 2 heterocycles. The normalized spacial score (nSPS) is 17.7. The molecule has 0 aliphatic carbocycles. The molecule has 0 unspecified atom stereocenters. The van der Waals surface area contributed by atoms with Crippen LogP contribution in [0.2, 0.25) is 5.02 Å². The summed E-state index contributed by atoms with van der Waals surface area (Å²) in [7, 11) is 1.66. The average Bonchev–Trinajstić information content (AvgIpc) is 3.03. The highest BCUT2D eigenvalue weighted by Crippen LogP contribution is 2.51. The number of hydrogen-bond acceptors (Lipinski definition) is 5. The molecule has 7 heteroatoms. The molecule has 1 fully saturated rings. The van der Waals surface area contributed by atoms with Crippen LogP contribution in [-0.2, 0) is 5.41 Å². The van der Waals surface area contributed by atoms with Crippen molar-refractivity contribution in [3.63, 3.8) is 0 Å². The Kier molecular flexibility index (Phi) is 4.15. The average molecular weight is 374 g/mol. The third kappa shape index (κ3) is 2.56. The van der Waals surface area contributed by atoms with E-state index in [1.54, 1.807) is 19.2 Å². The van der Waals surface area contributed by atoms with Gasteiger partial charge in [0.25, 0.3) is 5.69 Å². The molecule has 136 valence electrons. The summed E-state index contributed by atoms with van der Waals surface area (Å²) in [5.74, 6) is 0.808. The highest BCUT2D eigenvalue weighted by Gasteiger charge is 2.44. The summed E-state index contributed by atoms with van der Waals surface area (Å²) in [6.07, 6.45) is 1.76. The van der Waals surface area contributed by atoms with Gasteiger partial charge < -0.3 is 15.0 Å². The number of hydrogen-bond donors (Lipinski definition) is 1. The SMILES string of the molecule is COc1ccc(Cl)c2c1NCC21CCN(c2ccccc2[N+](=O)[O-])CC1. The van der Waals surface area contributed by atoms with Crippen molar-refractivity contribution in [2.24, 2.45) is 0 Å². The lowest BCUT2D eigenvalue weighted by Crippen LogP contribution is -2.44. The van der Waals surface area contributed by atoms with Crippen molar-refractivity contribution in [3.8, 4) is 5.75 Å². The molecule has 0 saturated carbocycles. The van der Waals surface area contributed by atoms with E-state index in [9.17, 15) is 10.1 Å². The number of nitrogens with zero attached hydrogens (tertiary/aromatic N) is 2. The standard InChI is InChI=1S/C19H20ClN3O3/c1-26-16-7-6-13(20)17-18(16)21-12-19(17)8-10-22(11-9-19)14-4-2-3-5-15(14)23(24)25/h2-7,21H,8-12H2,1H3. The van der Waals surface area contributed by atoms with E-state index in [2.05, 4.69) is 10.2 Å². The van der Waals surface area contributed by atoms with E-state index >= 15 is 0 Å². The van der Waals surface area contributed by atoms with Crippen LogP contribution < -0.4 is 15.0 Å². The minimum Gasteiger partial charge on any atom is -0.495 e. The lowest BCUT2D eigenvalue weighted by Gasteiger charge is -2.40. The molecular formula is C19H20ClN3O3. The fourth-order valence-electron chi connectivity index (χ4n) is 4.26. The molecule has 2 aromatic carbocycles. The zero-order valence-electron chi connectivity index (χ0n) is 14.5. The molecule has 26 heavy (non-hydrogen) atoms. The van der Waals surface area contributed by atoms with Crippen LogP contribution in [0.25, 0.3) is 0 Å². The molecule has 6 nitrogen and oxygen atoms in total. The quantitative estimate of drug-likeness (QED) is 0.644. The third-order valence-corrected chi connectivity index (χ3v) is 5.92. The van der Waals surface area contributed by atoms with E-state index < -0.39 is 0 Å². The Morgan fingerprint density at radius 3 is 2.65 bits per heavy atom. The summed E-state index contributed by atoms with van der Waals surface area (Å²) < 4.78 is 5.47. The van der Waals surface area contributed by atoms with Gasteiger partial charge in [0, 0.05) is 41.7 Å². The molecule has 0 atom stereocenters. The van der Waals surface area contributed by atoms with E-state index in [1.165, 1.54) is 0 Å². The molecule has 0 amide bonds. The van der Waals surface area contributed by atoms with Crippen LogP contribution >= 0.6 is 11.6 Å². The van der Waals surface area contributed by atoms with Gasteiger partial charge in [-0.2, -0.15) is 0 Å². The Bertz CT molecular complexity index is 863. The van der Waals surface area contributed by atoms with Crippen molar-refractivity contribution in [2.75, 3.05) is 37.0 Å². The Balaban J connectivity index is 1.63. The minimum absolute atomic E-state index is 0.0545. The maximum Gasteiger partial charge on any atom is 0.292 e. The zero-order valence-corrected chi connectivity index (χ0v) is 15.3. The number of nitro groups is 1. The van der Waals surface area contributed by atoms with Crippen molar-refractivity contribution in [3.05, 3.63) is 57.1 Å². The Hall–Kier alpha value is -2.47. The van der Waals surface area contributed by atoms with E-state index in [4.69, 9.17) is 16.3 Å². The second-order valence-corrected chi connectivity index (χ2v) is 7.27. The molecular weight excluding hydrogens is 354 g/mol. The number of para-hydroxylation sites is 2. The van der Waals surface area contributed by atoms with Crippen molar-refractivity contribution >= 4 is 28.7 Å². The van der Waals surface area contributed by atoms with Gasteiger partial charge in [0.1, 0.15) is 11.4 Å². The van der Waals surface area contributed by atoms with Gasteiger partial charge in [-0.15, -0.1) is 0 Å². The number of ether oxygens (including phenoxy) is 1. The number of methoxy groups -OCH3 is 1. The first-order chi connectivity index (χ1) is 12.6. The summed E-state index contributed by atoms with van der Waals surface area (Å²) in [5, 5.41) is 15.6. The minimum atomic E-state index is -0.312. The van der Waals surface area contributed by atoms with E-state index in [0.717, 1.165) is 54.5 Å². The number of anilines is 2. The van der Waals surface area contributed by atoms with Crippen molar-refractivity contribution in [1.29, 1.82) is 0 Å². The molecule has 1 spiro atoms. The van der Waals surface area contributed by atoms with Gasteiger partial charge in [-0.25, -0.2) is 0 Å². The molecule has 2 aliphatic heterocycles. The number of benzene rings is 2. The monoisotopic (exact) mass is 373 g/mol. The molecule has 0 bridgehead atoms. The van der Waals surface area contributed by atoms with E-state index in [-0.39, 0.29) is 16.0 Å². The van der Waals surface area contributed by atoms with Gasteiger partial charge in [0.05, 0.1) is 17.7 Å². The number of nitrogens with one attached hydrogen (secondary N) is 1. The van der Waals surface area contributed by atoms with Gasteiger partial charge in [-0.3, -0.25) is 10.1 Å². The lowest BCUT2D eigenvalue weighted by atomic mass is 9.74. The topological polar surface area (TPSA) is 67.6 Å². The van der Waals surface area contributed by atoms with Crippen LogP contribution in [0.3, 0.4) is 0 Å². The van der Waals surface area contributed by atoms with Crippen LogP contribution in [0, 0.1) is 10.1 Å². The van der Waals surface area contributed by atoms with Crippen molar-refractivity contribution < 1.29 is 9.66 Å². The summed E-state index contributed by atoms with van der Waals surface area (Å²) in [6.45, 7) is 2.31. The summed E-state index contributed by atoms with van der Waals surface area (Å²) >= 11 is 6.54. The smallest absolute Gasteiger partial charge is 0.292 e. The molecule has 2 aromatic rings. The van der Waals surface area contributed by atoms with Crippen LogP contribution in [0.5, 0.6) is 5.75 Å². The fourth-order valence-corrected chi connectivity index (χ4v) is 4.61. The lowest BCUT2D eigenvalue weighted by molar-refractivity contribution is -0.384. The molecule has 1 saturated heterocycles. The Labute approximate surface area is 156 Å². The summed E-state index contributed by atoms with van der Waals surface area (Å²) in [5.41, 5.74) is 2.91. The number of piperidine rings is 1. The number of fused-ring (bicyclic) bond motifs is 2. The largest absolute Gasteiger partial charge is 0.495 e. The second kappa shape index (κ2) is 6.36. The Morgan fingerprint density at radius 2 is 1.96 bits per heavy atom. The first-order valence-corrected chi connectivity index (χ1v) is 9.03. The van der Waals surface area contributed by atoms with Crippen LogP contribution in [0.4, 0.5) is 17.1 Å². The van der Waals surface area contributed by atoms with Gasteiger partial charge in [0.15, 0.2) is 0 Å². The number of halogens is 1. The first-order valence-electron chi connectivity index (χ1n) is 8.65. The van der Waals surface area contributed by atoms with Crippen LogP contribution in [0.15, 0.2) is 36.4 Å². The van der Waals surface area contributed by atoms with E-state index in [1.807, 2.05) is 24.3 Å². The van der Waals surface area contributed by atoms with Crippen molar-refractivity contribution in [2.45, 2.75) is 18.3 Å². The molecule has 2 aliphatic rings. The fraction of sp³-hybridized carbons (Fsp3) is 0.368. The number of rotatable bonds is 3. The van der Waals surface area contributed by atoms with Gasteiger partial charge >= 0.3 is 0 Å². The zero-order chi connectivity index (χ0) is 18.3. The van der Waals surface area contributed by atoms with Gasteiger partial charge in [-0.1, -0.05) is 23.7 Å². The van der Waals surface area contributed by atoms with E-state index in [0.29, 0.717) is 5.69 Å². The maximum atomic E-state index is 11.3. The highest BCUT2D eigenvalue weighted by molar-refractivity contribution is 6.32. The summed E-state index contributed by atoms with van der Waals surface area (Å²) in [4.78, 5) is 13.1. The molecule has 0 aromatic heterocycles.